The zero-order valence-electron chi connectivity index (χ0n) is 17.5. The van der Waals surface area contributed by atoms with Crippen LogP contribution in [-0.4, -0.2) is 4.98 Å². The summed E-state index contributed by atoms with van der Waals surface area (Å²) in [5.74, 6) is 0. The van der Waals surface area contributed by atoms with Crippen LogP contribution in [0.15, 0.2) is 134 Å². The summed E-state index contributed by atoms with van der Waals surface area (Å²) in [6.45, 7) is 0. The molecule has 0 saturated heterocycles. The van der Waals surface area contributed by atoms with Crippen molar-refractivity contribution in [1.82, 2.24) is 4.98 Å². The number of nitrogens with zero attached hydrogens (tertiary/aromatic N) is 1. The molecule has 0 aliphatic rings. The highest BCUT2D eigenvalue weighted by Crippen LogP contribution is 2.45. The van der Waals surface area contributed by atoms with Crippen LogP contribution in [0.2, 0.25) is 0 Å². The molecule has 0 spiro atoms. The van der Waals surface area contributed by atoms with Gasteiger partial charge in [-0.25, -0.2) is 0 Å². The van der Waals surface area contributed by atoms with Crippen molar-refractivity contribution < 1.29 is 4.57 Å². The van der Waals surface area contributed by atoms with Crippen molar-refractivity contribution in [2.45, 2.75) is 0 Å². The van der Waals surface area contributed by atoms with Gasteiger partial charge in [0.05, 0.1) is 5.69 Å². The molecule has 0 aliphatic carbocycles. The minimum atomic E-state index is -3.08. The first-order chi connectivity index (χ1) is 15.8. The molecule has 0 atom stereocenters. The average molecular weight is 431 g/mol. The van der Waals surface area contributed by atoms with E-state index in [1.165, 1.54) is 0 Å². The van der Waals surface area contributed by atoms with Crippen LogP contribution >= 0.6 is 7.14 Å². The molecule has 0 unspecified atom stereocenters. The van der Waals surface area contributed by atoms with Crippen LogP contribution in [0.3, 0.4) is 0 Å². The van der Waals surface area contributed by atoms with Crippen LogP contribution in [0.25, 0.3) is 22.4 Å². The summed E-state index contributed by atoms with van der Waals surface area (Å²) in [7, 11) is -3.08. The fraction of sp³-hybridized carbons (Fsp3) is 0. The molecule has 0 bridgehead atoms. The Kier molecular flexibility index (Phi) is 5.54. The van der Waals surface area contributed by atoms with E-state index in [1.807, 2.05) is 115 Å². The zero-order chi connectivity index (χ0) is 21.8. The molecule has 3 heteroatoms. The summed E-state index contributed by atoms with van der Waals surface area (Å²) < 4.78 is 14.9. The molecule has 0 N–H and O–H groups in total. The summed E-state index contributed by atoms with van der Waals surface area (Å²) >= 11 is 0. The van der Waals surface area contributed by atoms with Crippen molar-refractivity contribution in [2.24, 2.45) is 0 Å². The van der Waals surface area contributed by atoms with Gasteiger partial charge in [0.25, 0.3) is 0 Å². The lowest BCUT2D eigenvalue weighted by atomic mass is 10.1. The van der Waals surface area contributed by atoms with E-state index in [1.54, 1.807) is 0 Å². The Bertz CT molecular complexity index is 1320. The third-order valence-corrected chi connectivity index (χ3v) is 8.75. The second kappa shape index (κ2) is 8.78. The summed E-state index contributed by atoms with van der Waals surface area (Å²) in [6, 6.07) is 41.7. The van der Waals surface area contributed by atoms with Crippen LogP contribution in [0, 0.1) is 0 Å². The molecule has 32 heavy (non-hydrogen) atoms. The molecule has 0 radical (unpaired) electrons. The van der Waals surface area contributed by atoms with E-state index in [9.17, 15) is 4.57 Å². The maximum absolute atomic E-state index is 14.9. The van der Waals surface area contributed by atoms with Crippen molar-refractivity contribution in [2.75, 3.05) is 0 Å². The summed E-state index contributed by atoms with van der Waals surface area (Å²) in [5, 5.41) is 2.48. The smallest absolute Gasteiger partial charge is 0.171 e. The van der Waals surface area contributed by atoms with Crippen LogP contribution < -0.4 is 15.9 Å². The van der Waals surface area contributed by atoms with Gasteiger partial charge >= 0.3 is 0 Å². The number of aromatic nitrogens is 1. The van der Waals surface area contributed by atoms with Gasteiger partial charge in [-0.05, 0) is 11.6 Å². The molecule has 0 amide bonds. The summed E-state index contributed by atoms with van der Waals surface area (Å²) in [4.78, 5) is 4.70. The lowest BCUT2D eigenvalue weighted by Gasteiger charge is -2.23. The van der Waals surface area contributed by atoms with Gasteiger partial charge in [0.15, 0.2) is 7.14 Å². The third-order valence-electron chi connectivity index (χ3n) is 5.63. The maximum atomic E-state index is 14.9. The highest BCUT2D eigenvalue weighted by atomic mass is 31.2. The Hall–Kier alpha value is -3.74. The van der Waals surface area contributed by atoms with E-state index in [-0.39, 0.29) is 0 Å². The topological polar surface area (TPSA) is 30.0 Å². The highest BCUT2D eigenvalue weighted by Gasteiger charge is 2.31. The predicted octanol–water partition coefficient (Wildman–Crippen LogP) is 6.06. The fourth-order valence-electron chi connectivity index (χ4n) is 4.03. The fourth-order valence-corrected chi connectivity index (χ4v) is 6.91. The van der Waals surface area contributed by atoms with E-state index in [2.05, 4.69) is 18.2 Å². The number of hydrogen-bond donors (Lipinski definition) is 0. The van der Waals surface area contributed by atoms with Gasteiger partial charge in [-0.15, -0.1) is 0 Å². The SMILES string of the molecule is O=P(c1ccccc1)(c1ccccc1)c1ccccc1-c1ccc(-c2ccccc2)nc1. The van der Waals surface area contributed by atoms with E-state index in [0.717, 1.165) is 38.3 Å². The van der Waals surface area contributed by atoms with E-state index >= 15 is 0 Å². The van der Waals surface area contributed by atoms with Crippen LogP contribution in [-0.2, 0) is 4.57 Å². The van der Waals surface area contributed by atoms with Gasteiger partial charge in [-0.1, -0.05) is 121 Å². The Morgan fingerprint density at radius 2 is 1.03 bits per heavy atom. The first-order valence-electron chi connectivity index (χ1n) is 10.6. The number of benzene rings is 4. The Morgan fingerprint density at radius 3 is 1.59 bits per heavy atom. The van der Waals surface area contributed by atoms with Gasteiger partial charge in [-0.2, -0.15) is 0 Å². The molecule has 1 aromatic heterocycles. The van der Waals surface area contributed by atoms with Crippen molar-refractivity contribution in [3.8, 4) is 22.4 Å². The molecular weight excluding hydrogens is 409 g/mol. The lowest BCUT2D eigenvalue weighted by Crippen LogP contribution is -2.26. The van der Waals surface area contributed by atoms with Crippen molar-refractivity contribution >= 4 is 23.1 Å². The van der Waals surface area contributed by atoms with Gasteiger partial charge < -0.3 is 4.57 Å². The molecule has 0 fully saturated rings. The number of pyridine rings is 1. The molecule has 4 aromatic carbocycles. The van der Waals surface area contributed by atoms with Crippen LogP contribution in [0.5, 0.6) is 0 Å². The predicted molar refractivity (Wildman–Crippen MR) is 135 cm³/mol. The molecule has 0 aliphatic heterocycles. The largest absolute Gasteiger partial charge is 0.309 e. The highest BCUT2D eigenvalue weighted by molar-refractivity contribution is 7.85. The van der Waals surface area contributed by atoms with Crippen molar-refractivity contribution in [1.29, 1.82) is 0 Å². The van der Waals surface area contributed by atoms with Crippen molar-refractivity contribution in [3.05, 3.63) is 134 Å². The van der Waals surface area contributed by atoms with E-state index < -0.39 is 7.14 Å². The van der Waals surface area contributed by atoms with Gasteiger partial charge in [0.2, 0.25) is 0 Å². The monoisotopic (exact) mass is 431 g/mol. The summed E-state index contributed by atoms with van der Waals surface area (Å²) in [5.41, 5.74) is 3.88. The molecule has 5 rings (SSSR count). The molecular formula is C29H22NOP. The third kappa shape index (κ3) is 3.70. The van der Waals surface area contributed by atoms with Crippen LogP contribution in [0.1, 0.15) is 0 Å². The second-order valence-corrected chi connectivity index (χ2v) is 10.3. The molecule has 2 nitrogen and oxygen atoms in total. The zero-order valence-corrected chi connectivity index (χ0v) is 18.4. The van der Waals surface area contributed by atoms with Gasteiger partial charge in [0, 0.05) is 33.2 Å². The Morgan fingerprint density at radius 1 is 0.500 bits per heavy atom. The minimum Gasteiger partial charge on any atom is -0.309 e. The molecule has 5 aromatic rings. The number of hydrogen-bond acceptors (Lipinski definition) is 2. The normalized spacial score (nSPS) is 11.2. The molecule has 1 heterocycles. The van der Waals surface area contributed by atoms with Crippen molar-refractivity contribution in [3.63, 3.8) is 0 Å². The first-order valence-corrected chi connectivity index (χ1v) is 12.3. The first kappa shape index (κ1) is 20.2. The molecule has 0 saturated carbocycles. The van der Waals surface area contributed by atoms with Gasteiger partial charge in [0.1, 0.15) is 0 Å². The average Bonchev–Trinajstić information content (AvgIpc) is 2.90. The second-order valence-electron chi connectivity index (χ2n) is 7.60. The Balaban J connectivity index is 1.67. The molecule has 154 valence electrons. The number of rotatable bonds is 5. The lowest BCUT2D eigenvalue weighted by molar-refractivity contribution is 0.592. The van der Waals surface area contributed by atoms with Crippen LogP contribution in [0.4, 0.5) is 0 Å². The van der Waals surface area contributed by atoms with E-state index in [0.29, 0.717) is 0 Å². The summed E-state index contributed by atoms with van der Waals surface area (Å²) in [6.07, 6.45) is 1.88. The quantitative estimate of drug-likeness (QED) is 0.317. The standard InChI is InChI=1S/C29H22NOP/c31-32(25-14-6-2-7-15-25,26-16-8-3-9-17-26)29-19-11-10-18-27(29)24-20-21-28(30-22-24)23-12-4-1-5-13-23/h1-22H. The van der Waals surface area contributed by atoms with E-state index in [4.69, 9.17) is 4.98 Å². The minimum absolute atomic E-state index is 0.826. The van der Waals surface area contributed by atoms with Gasteiger partial charge in [-0.3, -0.25) is 4.98 Å². The Labute approximate surface area is 188 Å². The maximum Gasteiger partial charge on any atom is 0.171 e.